The molecule has 0 aliphatic rings. The molecule has 0 bridgehead atoms. The van der Waals surface area contributed by atoms with Gasteiger partial charge in [-0.2, -0.15) is 0 Å². The molecule has 116 valence electrons. The van der Waals surface area contributed by atoms with E-state index in [1.165, 1.54) is 18.5 Å². The third-order valence-electron chi connectivity index (χ3n) is 3.13. The first kappa shape index (κ1) is 14.9. The number of nitro benzene ring substituents is 1. The first-order valence-corrected chi connectivity index (χ1v) is 6.68. The molecular weight excluding hydrogens is 327 g/mol. The Hall–Kier alpha value is -3.00. The van der Waals surface area contributed by atoms with Gasteiger partial charge in [-0.3, -0.25) is 10.1 Å². The van der Waals surface area contributed by atoms with Gasteiger partial charge in [0, 0.05) is 12.1 Å². The largest absolute Gasteiger partial charge is 0.502 e. The van der Waals surface area contributed by atoms with Crippen LogP contribution in [0.25, 0.3) is 10.9 Å². The molecule has 0 unspecified atom stereocenters. The number of anilines is 2. The molecule has 2 N–H and O–H groups in total. The van der Waals surface area contributed by atoms with Crippen molar-refractivity contribution in [3.63, 3.8) is 0 Å². The molecule has 0 atom stereocenters. The van der Waals surface area contributed by atoms with Crippen molar-refractivity contribution in [1.82, 2.24) is 9.97 Å². The quantitative estimate of drug-likeness (QED) is 0.558. The van der Waals surface area contributed by atoms with E-state index in [-0.39, 0.29) is 27.4 Å². The number of halogens is 2. The molecule has 0 radical (unpaired) electrons. The van der Waals surface area contributed by atoms with Crippen molar-refractivity contribution < 1.29 is 14.4 Å². The van der Waals surface area contributed by atoms with Gasteiger partial charge in [0.1, 0.15) is 12.1 Å². The average Bonchev–Trinajstić information content (AvgIpc) is 2.51. The lowest BCUT2D eigenvalue weighted by atomic mass is 10.2. The molecule has 0 saturated carbocycles. The summed E-state index contributed by atoms with van der Waals surface area (Å²) in [6.45, 7) is 0. The first-order valence-electron chi connectivity index (χ1n) is 6.30. The fraction of sp³-hybridized carbons (Fsp3) is 0. The number of phenolic OH excluding ortho intramolecular Hbond substituents is 1. The van der Waals surface area contributed by atoms with Gasteiger partial charge in [0.15, 0.2) is 11.6 Å². The van der Waals surface area contributed by atoms with Crippen LogP contribution in [0.3, 0.4) is 0 Å². The number of hydrogen-bond donors (Lipinski definition) is 2. The zero-order valence-electron chi connectivity index (χ0n) is 11.3. The number of phenols is 1. The van der Waals surface area contributed by atoms with E-state index in [9.17, 15) is 19.6 Å². The van der Waals surface area contributed by atoms with Crippen LogP contribution in [0.1, 0.15) is 0 Å². The molecule has 1 aromatic heterocycles. The number of nitro groups is 1. The Labute approximate surface area is 133 Å². The molecule has 0 spiro atoms. The highest BCUT2D eigenvalue weighted by atomic mass is 35.5. The van der Waals surface area contributed by atoms with E-state index in [2.05, 4.69) is 15.3 Å². The highest BCUT2D eigenvalue weighted by molar-refractivity contribution is 6.31. The molecule has 0 fully saturated rings. The summed E-state index contributed by atoms with van der Waals surface area (Å²) < 4.78 is 14.0. The third kappa shape index (κ3) is 2.71. The number of fused-ring (bicyclic) bond motifs is 1. The minimum absolute atomic E-state index is 0.0632. The molecule has 0 aliphatic heterocycles. The van der Waals surface area contributed by atoms with E-state index in [0.29, 0.717) is 0 Å². The van der Waals surface area contributed by atoms with Crippen molar-refractivity contribution in [2.75, 3.05) is 5.32 Å². The second-order valence-electron chi connectivity index (χ2n) is 4.56. The predicted octanol–water partition coefficient (Wildman–Crippen LogP) is 3.78. The van der Waals surface area contributed by atoms with Crippen LogP contribution in [0.15, 0.2) is 36.7 Å². The van der Waals surface area contributed by atoms with E-state index in [1.807, 2.05) is 0 Å². The van der Waals surface area contributed by atoms with Gasteiger partial charge >= 0.3 is 5.69 Å². The van der Waals surface area contributed by atoms with Crippen LogP contribution >= 0.6 is 11.6 Å². The SMILES string of the molecule is O=[N+]([O-])c1cc2c(Nc3cccc(Cl)c3F)ncnc2cc1O. The number of rotatable bonds is 3. The van der Waals surface area contributed by atoms with Crippen molar-refractivity contribution in [1.29, 1.82) is 0 Å². The molecule has 0 aliphatic carbocycles. The lowest BCUT2D eigenvalue weighted by molar-refractivity contribution is -0.385. The Morgan fingerprint density at radius 3 is 2.83 bits per heavy atom. The molecule has 0 amide bonds. The van der Waals surface area contributed by atoms with Gasteiger partial charge in [0.05, 0.1) is 26.5 Å². The topological polar surface area (TPSA) is 101 Å². The number of benzene rings is 2. The van der Waals surface area contributed by atoms with Crippen LogP contribution < -0.4 is 5.32 Å². The normalized spacial score (nSPS) is 10.7. The standard InChI is InChI=1S/C14H8ClFN4O3/c15-8-2-1-3-9(13(8)16)19-14-7-4-11(20(22)23)12(21)5-10(7)17-6-18-14/h1-6,21H,(H,17,18,19). The minimum Gasteiger partial charge on any atom is -0.502 e. The van der Waals surface area contributed by atoms with E-state index in [0.717, 1.165) is 12.1 Å². The fourth-order valence-corrected chi connectivity index (χ4v) is 2.23. The predicted molar refractivity (Wildman–Crippen MR) is 82.5 cm³/mol. The molecular formula is C14H8ClFN4O3. The molecule has 3 aromatic rings. The van der Waals surface area contributed by atoms with Crippen molar-refractivity contribution in [2.24, 2.45) is 0 Å². The second kappa shape index (κ2) is 5.65. The summed E-state index contributed by atoms with van der Waals surface area (Å²) in [4.78, 5) is 18.1. The van der Waals surface area contributed by atoms with E-state index in [1.54, 1.807) is 6.07 Å². The summed E-state index contributed by atoms with van der Waals surface area (Å²) in [7, 11) is 0. The van der Waals surface area contributed by atoms with Crippen molar-refractivity contribution >= 4 is 39.7 Å². The minimum atomic E-state index is -0.731. The molecule has 23 heavy (non-hydrogen) atoms. The number of nitrogens with zero attached hydrogens (tertiary/aromatic N) is 3. The summed E-state index contributed by atoms with van der Waals surface area (Å²) in [6, 6.07) is 6.66. The van der Waals surface area contributed by atoms with Crippen LogP contribution in [0.5, 0.6) is 5.75 Å². The van der Waals surface area contributed by atoms with E-state index < -0.39 is 22.2 Å². The Kier molecular flexibility index (Phi) is 3.67. The Morgan fingerprint density at radius 1 is 1.30 bits per heavy atom. The van der Waals surface area contributed by atoms with Gasteiger partial charge in [-0.1, -0.05) is 17.7 Å². The van der Waals surface area contributed by atoms with Gasteiger partial charge < -0.3 is 10.4 Å². The van der Waals surface area contributed by atoms with Gasteiger partial charge in [-0.15, -0.1) is 0 Å². The average molecular weight is 335 g/mol. The fourth-order valence-electron chi connectivity index (χ4n) is 2.05. The monoisotopic (exact) mass is 334 g/mol. The van der Waals surface area contributed by atoms with Crippen molar-refractivity contribution in [3.05, 3.63) is 57.6 Å². The zero-order chi connectivity index (χ0) is 16.6. The van der Waals surface area contributed by atoms with Gasteiger partial charge in [-0.05, 0) is 12.1 Å². The van der Waals surface area contributed by atoms with Crippen LogP contribution in [-0.2, 0) is 0 Å². The number of aromatic hydroxyl groups is 1. The number of aromatic nitrogens is 2. The smallest absolute Gasteiger partial charge is 0.311 e. The number of nitrogens with one attached hydrogen (secondary N) is 1. The zero-order valence-corrected chi connectivity index (χ0v) is 12.1. The Morgan fingerprint density at radius 2 is 2.09 bits per heavy atom. The summed E-state index contributed by atoms with van der Waals surface area (Å²) >= 11 is 5.72. The maximum Gasteiger partial charge on any atom is 0.311 e. The first-order chi connectivity index (χ1) is 11.0. The van der Waals surface area contributed by atoms with Crippen LogP contribution in [0.4, 0.5) is 21.6 Å². The molecule has 7 nitrogen and oxygen atoms in total. The summed E-state index contributed by atoms with van der Waals surface area (Å²) in [5.41, 5.74) is -0.164. The highest BCUT2D eigenvalue weighted by Gasteiger charge is 2.18. The van der Waals surface area contributed by atoms with Gasteiger partial charge in [-0.25, -0.2) is 14.4 Å². The van der Waals surface area contributed by atoms with Crippen LogP contribution in [0, 0.1) is 15.9 Å². The maximum absolute atomic E-state index is 14.0. The second-order valence-corrected chi connectivity index (χ2v) is 4.97. The molecule has 2 aromatic carbocycles. The van der Waals surface area contributed by atoms with E-state index in [4.69, 9.17) is 11.6 Å². The molecule has 1 heterocycles. The third-order valence-corrected chi connectivity index (χ3v) is 3.42. The molecule has 9 heteroatoms. The van der Waals surface area contributed by atoms with Crippen LogP contribution in [-0.4, -0.2) is 20.0 Å². The summed E-state index contributed by atoms with van der Waals surface area (Å²) in [6.07, 6.45) is 1.19. The van der Waals surface area contributed by atoms with Crippen LogP contribution in [0.2, 0.25) is 5.02 Å². The maximum atomic E-state index is 14.0. The lowest BCUT2D eigenvalue weighted by Gasteiger charge is -2.10. The Balaban J connectivity index is 2.16. The van der Waals surface area contributed by atoms with Crippen molar-refractivity contribution in [2.45, 2.75) is 0 Å². The molecule has 0 saturated heterocycles. The Bertz CT molecular complexity index is 935. The van der Waals surface area contributed by atoms with Crippen molar-refractivity contribution in [3.8, 4) is 5.75 Å². The van der Waals surface area contributed by atoms with Gasteiger partial charge in [0.25, 0.3) is 0 Å². The number of hydrogen-bond acceptors (Lipinski definition) is 6. The summed E-state index contributed by atoms with van der Waals surface area (Å²) in [5.74, 6) is -1.03. The lowest BCUT2D eigenvalue weighted by Crippen LogP contribution is -1.99. The summed E-state index contributed by atoms with van der Waals surface area (Å²) in [5, 5.41) is 23.5. The van der Waals surface area contributed by atoms with Gasteiger partial charge in [0.2, 0.25) is 0 Å². The van der Waals surface area contributed by atoms with E-state index >= 15 is 0 Å². The highest BCUT2D eigenvalue weighted by Crippen LogP contribution is 2.34. The molecule has 3 rings (SSSR count).